The smallest absolute Gasteiger partial charge is 0.267 e. The summed E-state index contributed by atoms with van der Waals surface area (Å²) in [6.45, 7) is 2.60. The highest BCUT2D eigenvalue weighted by molar-refractivity contribution is 8.00. The molecular weight excluding hydrogens is 450 g/mol. The third-order valence-electron chi connectivity index (χ3n) is 6.51. The van der Waals surface area contributed by atoms with Crippen LogP contribution in [0.4, 0.5) is 5.69 Å². The van der Waals surface area contributed by atoms with E-state index in [9.17, 15) is 9.59 Å². The molecule has 0 saturated heterocycles. The van der Waals surface area contributed by atoms with E-state index < -0.39 is 0 Å². The Hall–Kier alpha value is -2.90. The highest BCUT2D eigenvalue weighted by atomic mass is 32.2. The van der Waals surface area contributed by atoms with Crippen LogP contribution in [0.3, 0.4) is 0 Å². The lowest BCUT2D eigenvalue weighted by Crippen LogP contribution is -2.35. The number of anilines is 1. The Morgan fingerprint density at radius 3 is 2.70 bits per heavy atom. The molecule has 1 atom stereocenters. The molecule has 7 heteroatoms. The van der Waals surface area contributed by atoms with Crippen molar-refractivity contribution in [1.29, 1.82) is 0 Å². The van der Waals surface area contributed by atoms with Crippen LogP contribution in [-0.2, 0) is 24.1 Å². The van der Waals surface area contributed by atoms with Gasteiger partial charge in [-0.3, -0.25) is 14.2 Å². The van der Waals surface area contributed by atoms with Crippen LogP contribution in [0.1, 0.15) is 29.3 Å². The number of rotatable bonds is 4. The van der Waals surface area contributed by atoms with Crippen LogP contribution in [0, 0.1) is 0 Å². The molecule has 166 valence electrons. The van der Waals surface area contributed by atoms with E-state index in [-0.39, 0.29) is 16.7 Å². The standard InChI is InChI=1S/C26H23N3O2S2/c1-16(24(30)28-15-14-17-8-5-6-12-20(17)28)32-26-27-23-22(19-11-7-13-21(19)33-23)25(31)29(26)18-9-3-2-4-10-18/h2-6,8-10,12,16H,7,11,13-15H2,1H3/t16-/m0/s1. The lowest BCUT2D eigenvalue weighted by Gasteiger charge is -2.22. The van der Waals surface area contributed by atoms with E-state index in [0.29, 0.717) is 11.7 Å². The van der Waals surface area contributed by atoms with Crippen molar-refractivity contribution in [2.24, 2.45) is 0 Å². The molecule has 0 spiro atoms. The van der Waals surface area contributed by atoms with E-state index in [1.54, 1.807) is 15.9 Å². The summed E-state index contributed by atoms with van der Waals surface area (Å²) in [4.78, 5) is 36.1. The Kier molecular flexibility index (Phi) is 5.11. The average molecular weight is 474 g/mol. The van der Waals surface area contributed by atoms with E-state index in [0.717, 1.165) is 47.3 Å². The van der Waals surface area contributed by atoms with Gasteiger partial charge in [-0.2, -0.15) is 0 Å². The van der Waals surface area contributed by atoms with E-state index in [4.69, 9.17) is 4.98 Å². The van der Waals surface area contributed by atoms with Gasteiger partial charge < -0.3 is 4.90 Å². The zero-order chi connectivity index (χ0) is 22.5. The number of thioether (sulfide) groups is 1. The molecule has 0 bridgehead atoms. The minimum atomic E-state index is -0.373. The van der Waals surface area contributed by atoms with Gasteiger partial charge in [0, 0.05) is 17.1 Å². The van der Waals surface area contributed by atoms with Gasteiger partial charge in [-0.15, -0.1) is 11.3 Å². The van der Waals surface area contributed by atoms with E-state index in [1.807, 2.05) is 60.4 Å². The number of benzene rings is 2. The van der Waals surface area contributed by atoms with Gasteiger partial charge in [0.15, 0.2) is 5.16 Å². The molecule has 1 aliphatic heterocycles. The first-order valence-corrected chi connectivity index (χ1v) is 13.0. The Labute approximate surface area is 200 Å². The van der Waals surface area contributed by atoms with Crippen LogP contribution in [0.15, 0.2) is 64.5 Å². The molecule has 1 amide bonds. The third-order valence-corrected chi connectivity index (χ3v) is 8.73. The number of carbonyl (C=O) groups is 1. The summed E-state index contributed by atoms with van der Waals surface area (Å²) in [5.41, 5.74) is 4.12. The molecule has 0 N–H and O–H groups in total. The molecule has 0 fully saturated rings. The Bertz CT molecular complexity index is 1440. The highest BCUT2D eigenvalue weighted by Crippen LogP contribution is 2.37. The van der Waals surface area contributed by atoms with Crippen LogP contribution < -0.4 is 10.5 Å². The predicted octanol–water partition coefficient (Wildman–Crippen LogP) is 5.01. The lowest BCUT2D eigenvalue weighted by molar-refractivity contribution is -0.117. The third kappa shape index (κ3) is 3.42. The summed E-state index contributed by atoms with van der Waals surface area (Å²) < 4.78 is 1.69. The fourth-order valence-corrected chi connectivity index (χ4v) is 7.20. The highest BCUT2D eigenvalue weighted by Gasteiger charge is 2.30. The first kappa shape index (κ1) is 20.7. The number of carbonyl (C=O) groups excluding carboxylic acids is 1. The Morgan fingerprint density at radius 2 is 1.85 bits per heavy atom. The van der Waals surface area contributed by atoms with Crippen molar-refractivity contribution in [1.82, 2.24) is 9.55 Å². The molecule has 1 aliphatic carbocycles. The van der Waals surface area contributed by atoms with Crippen LogP contribution >= 0.6 is 23.1 Å². The van der Waals surface area contributed by atoms with Crippen molar-refractivity contribution in [2.75, 3.05) is 11.4 Å². The number of amides is 1. The van der Waals surface area contributed by atoms with Gasteiger partial charge in [-0.25, -0.2) is 4.98 Å². The first-order chi connectivity index (χ1) is 16.1. The van der Waals surface area contributed by atoms with Crippen molar-refractivity contribution in [3.05, 3.63) is 81.0 Å². The Morgan fingerprint density at radius 1 is 1.06 bits per heavy atom. The molecule has 4 aromatic rings. The maximum Gasteiger partial charge on any atom is 0.267 e. The number of hydrogen-bond donors (Lipinski definition) is 0. The van der Waals surface area contributed by atoms with Crippen molar-refractivity contribution >= 4 is 44.9 Å². The number of aromatic nitrogens is 2. The lowest BCUT2D eigenvalue weighted by atomic mass is 10.2. The van der Waals surface area contributed by atoms with Gasteiger partial charge in [0.25, 0.3) is 5.56 Å². The molecule has 6 rings (SSSR count). The summed E-state index contributed by atoms with van der Waals surface area (Å²) in [7, 11) is 0. The molecule has 3 heterocycles. The number of nitrogens with zero attached hydrogens (tertiary/aromatic N) is 3. The molecule has 2 aromatic heterocycles. The van der Waals surface area contributed by atoms with Crippen LogP contribution in [0.5, 0.6) is 0 Å². The second-order valence-corrected chi connectivity index (χ2v) is 10.9. The summed E-state index contributed by atoms with van der Waals surface area (Å²) in [5, 5.41) is 0.961. The molecule has 5 nitrogen and oxygen atoms in total. The maximum absolute atomic E-state index is 13.8. The van der Waals surface area contributed by atoms with E-state index in [2.05, 4.69) is 6.07 Å². The fraction of sp³-hybridized carbons (Fsp3) is 0.269. The van der Waals surface area contributed by atoms with Gasteiger partial charge in [0.2, 0.25) is 5.91 Å². The topological polar surface area (TPSA) is 55.2 Å². The first-order valence-electron chi connectivity index (χ1n) is 11.3. The molecular formula is C26H23N3O2S2. The number of para-hydroxylation sites is 2. The van der Waals surface area contributed by atoms with Crippen LogP contribution in [-0.4, -0.2) is 27.3 Å². The maximum atomic E-state index is 13.8. The second kappa shape index (κ2) is 8.15. The summed E-state index contributed by atoms with van der Waals surface area (Å²) in [6, 6.07) is 17.7. The fourth-order valence-electron chi connectivity index (χ4n) is 4.90. The average Bonchev–Trinajstić information content (AvgIpc) is 3.53. The number of fused-ring (bicyclic) bond motifs is 4. The quantitative estimate of drug-likeness (QED) is 0.309. The SMILES string of the molecule is C[C@H](Sc1nc2sc3c(c2c(=O)n1-c1ccccc1)CCC3)C(=O)N1CCc2ccccc21. The number of thiophene rings is 1. The van der Waals surface area contributed by atoms with Crippen molar-refractivity contribution < 1.29 is 4.79 Å². The normalized spacial score (nSPS) is 15.6. The van der Waals surface area contributed by atoms with Crippen LogP contribution in [0.2, 0.25) is 0 Å². The van der Waals surface area contributed by atoms with Gasteiger partial charge in [-0.1, -0.05) is 48.2 Å². The van der Waals surface area contributed by atoms with Crippen LogP contribution in [0.25, 0.3) is 15.9 Å². The molecule has 0 radical (unpaired) electrons. The number of hydrogen-bond acceptors (Lipinski definition) is 5. The Balaban J connectivity index is 1.42. The minimum absolute atomic E-state index is 0.0285. The summed E-state index contributed by atoms with van der Waals surface area (Å²) in [6.07, 6.45) is 3.93. The van der Waals surface area contributed by atoms with Crippen molar-refractivity contribution in [3.63, 3.8) is 0 Å². The molecule has 2 aliphatic rings. The van der Waals surface area contributed by atoms with Gasteiger partial charge in [0.1, 0.15) is 4.83 Å². The molecule has 0 saturated carbocycles. The zero-order valence-electron chi connectivity index (χ0n) is 18.3. The van der Waals surface area contributed by atoms with Gasteiger partial charge in [-0.05, 0) is 61.9 Å². The van der Waals surface area contributed by atoms with Crippen molar-refractivity contribution in [3.8, 4) is 5.69 Å². The van der Waals surface area contributed by atoms with Crippen molar-refractivity contribution in [2.45, 2.75) is 43.0 Å². The summed E-state index contributed by atoms with van der Waals surface area (Å²) >= 11 is 3.01. The predicted molar refractivity (Wildman–Crippen MR) is 135 cm³/mol. The van der Waals surface area contributed by atoms with E-state index in [1.165, 1.54) is 27.8 Å². The van der Waals surface area contributed by atoms with E-state index >= 15 is 0 Å². The zero-order valence-corrected chi connectivity index (χ0v) is 19.9. The molecule has 0 unspecified atom stereocenters. The second-order valence-electron chi connectivity index (χ2n) is 8.54. The minimum Gasteiger partial charge on any atom is -0.311 e. The van der Waals surface area contributed by atoms with Gasteiger partial charge in [0.05, 0.1) is 16.3 Å². The van der Waals surface area contributed by atoms with Gasteiger partial charge >= 0.3 is 0 Å². The largest absolute Gasteiger partial charge is 0.311 e. The molecule has 2 aromatic carbocycles. The number of aryl methyl sites for hydroxylation is 2. The molecule has 33 heavy (non-hydrogen) atoms. The summed E-state index contributed by atoms with van der Waals surface area (Å²) in [5.74, 6) is 0.0487. The monoisotopic (exact) mass is 473 g/mol.